The topological polar surface area (TPSA) is 128 Å². The molecule has 3 aliphatic rings. The number of anilines is 2. The zero-order chi connectivity index (χ0) is 37.3. The minimum Gasteiger partial charge on any atom is -0.381 e. The summed E-state index contributed by atoms with van der Waals surface area (Å²) in [5, 5.41) is 9.03. The quantitative estimate of drug-likeness (QED) is 0.198. The number of aldehydes is 1. The van der Waals surface area contributed by atoms with E-state index in [4.69, 9.17) is 14.7 Å². The van der Waals surface area contributed by atoms with Crippen LogP contribution in [-0.2, 0) is 34.8 Å². The molecule has 52 heavy (non-hydrogen) atoms. The predicted octanol–water partition coefficient (Wildman–Crippen LogP) is 6.02. The van der Waals surface area contributed by atoms with E-state index in [2.05, 4.69) is 28.9 Å². The third-order valence-corrected chi connectivity index (χ3v) is 12.9. The summed E-state index contributed by atoms with van der Waals surface area (Å²) in [6, 6.07) is 5.41. The molecule has 4 aromatic rings. The van der Waals surface area contributed by atoms with Gasteiger partial charge in [0.15, 0.2) is 12.1 Å². The summed E-state index contributed by atoms with van der Waals surface area (Å²) in [5.74, 6) is 1.46. The van der Waals surface area contributed by atoms with Gasteiger partial charge in [0.05, 0.1) is 29.1 Å². The minimum absolute atomic E-state index is 0.0419. The van der Waals surface area contributed by atoms with Crippen LogP contribution in [0.15, 0.2) is 47.7 Å². The molecule has 0 radical (unpaired) electrons. The van der Waals surface area contributed by atoms with Gasteiger partial charge in [0.1, 0.15) is 22.1 Å². The number of hydrogen-bond acceptors (Lipinski definition) is 10. The Labute approximate surface area is 302 Å². The summed E-state index contributed by atoms with van der Waals surface area (Å²) in [6.45, 7) is 11.9. The first-order valence-electron chi connectivity index (χ1n) is 17.4. The number of piperidine rings is 1. The second kappa shape index (κ2) is 12.9. The third kappa shape index (κ3) is 5.81. The highest BCUT2D eigenvalue weighted by atomic mass is 32.2. The summed E-state index contributed by atoms with van der Waals surface area (Å²) in [5.41, 5.74) is 3.68. The van der Waals surface area contributed by atoms with E-state index in [1.165, 1.54) is 4.68 Å². The maximum Gasteiger partial charge on any atom is 0.282 e. The SMILES string of the molecule is CO[C@@H]1CCN(c2nc(-c3cccc4c3cnn4S(=O)(=O)C3(C)C=C(C)C=C(C)C3)nc3c2CN(c2c(C=O)c(C(F)F)nn2C)CC3)CC1(C)C. The number of fused-ring (bicyclic) bond motifs is 2. The molecule has 1 aliphatic carbocycles. The van der Waals surface area contributed by atoms with E-state index in [0.29, 0.717) is 72.7 Å². The van der Waals surface area contributed by atoms with Crippen LogP contribution < -0.4 is 9.80 Å². The van der Waals surface area contributed by atoms with Gasteiger partial charge in [-0.25, -0.2) is 27.2 Å². The number of aryl methyl sites for hydroxylation is 1. The maximum atomic E-state index is 14.2. The van der Waals surface area contributed by atoms with Crippen molar-refractivity contribution in [2.45, 2.75) is 77.7 Å². The largest absolute Gasteiger partial charge is 0.381 e. The average molecular weight is 735 g/mol. The number of allylic oxidation sites excluding steroid dienone is 3. The van der Waals surface area contributed by atoms with Gasteiger partial charge in [0.2, 0.25) is 0 Å². The van der Waals surface area contributed by atoms with Crippen molar-refractivity contribution in [3.05, 3.63) is 70.2 Å². The van der Waals surface area contributed by atoms with E-state index >= 15 is 0 Å². The monoisotopic (exact) mass is 734 g/mol. The van der Waals surface area contributed by atoms with Crippen molar-refractivity contribution in [3.8, 4) is 11.4 Å². The Kier molecular flexibility index (Phi) is 8.88. The molecule has 1 saturated heterocycles. The number of ether oxygens (including phenoxy) is 1. The van der Waals surface area contributed by atoms with Gasteiger partial charge >= 0.3 is 0 Å². The number of carbonyl (C=O) groups excluding carboxylic acids is 1. The number of rotatable bonds is 8. The van der Waals surface area contributed by atoms with Gasteiger partial charge in [0, 0.05) is 68.7 Å². The highest BCUT2D eigenvalue weighted by molar-refractivity contribution is 7.91. The normalized spacial score (nSPS) is 22.1. The van der Waals surface area contributed by atoms with Crippen LogP contribution in [-0.4, -0.2) is 81.2 Å². The molecule has 2 atom stereocenters. The molecule has 3 aromatic heterocycles. The van der Waals surface area contributed by atoms with E-state index in [-0.39, 0.29) is 23.6 Å². The van der Waals surface area contributed by atoms with E-state index in [1.54, 1.807) is 45.5 Å². The fraction of sp³-hybridized carbons (Fsp3) is 0.486. The highest BCUT2D eigenvalue weighted by Gasteiger charge is 2.42. The number of carbonyl (C=O) groups is 1. The fourth-order valence-electron chi connectivity index (χ4n) is 8.46. The second-order valence-corrected chi connectivity index (χ2v) is 17.4. The predicted molar refractivity (Wildman–Crippen MR) is 195 cm³/mol. The van der Waals surface area contributed by atoms with Crippen LogP contribution in [0.1, 0.15) is 81.2 Å². The molecular weight excluding hydrogens is 691 g/mol. The summed E-state index contributed by atoms with van der Waals surface area (Å²) < 4.78 is 63.3. The maximum absolute atomic E-state index is 14.2. The van der Waals surface area contributed by atoms with Gasteiger partial charge in [-0.1, -0.05) is 49.3 Å². The van der Waals surface area contributed by atoms with Gasteiger partial charge in [-0.2, -0.15) is 14.3 Å². The van der Waals surface area contributed by atoms with Crippen LogP contribution in [0.3, 0.4) is 0 Å². The van der Waals surface area contributed by atoms with E-state index < -0.39 is 26.9 Å². The summed E-state index contributed by atoms with van der Waals surface area (Å²) in [6.07, 6.45) is 4.52. The van der Waals surface area contributed by atoms with Crippen molar-refractivity contribution >= 4 is 38.8 Å². The Morgan fingerprint density at radius 1 is 1.10 bits per heavy atom. The minimum atomic E-state index is -3.97. The van der Waals surface area contributed by atoms with Crippen molar-refractivity contribution < 1.29 is 26.7 Å². The van der Waals surface area contributed by atoms with Crippen molar-refractivity contribution in [1.82, 2.24) is 28.9 Å². The molecule has 0 spiro atoms. The van der Waals surface area contributed by atoms with Crippen LogP contribution in [0.2, 0.25) is 0 Å². The summed E-state index contributed by atoms with van der Waals surface area (Å²) in [4.78, 5) is 26.5. The smallest absolute Gasteiger partial charge is 0.282 e. The molecule has 0 N–H and O–H groups in total. The van der Waals surface area contributed by atoms with Crippen molar-refractivity contribution in [2.24, 2.45) is 12.5 Å². The molecule has 1 fully saturated rings. The van der Waals surface area contributed by atoms with E-state index in [0.717, 1.165) is 32.9 Å². The lowest BCUT2D eigenvalue weighted by Gasteiger charge is -2.45. The fourth-order valence-corrected chi connectivity index (χ4v) is 10.2. The van der Waals surface area contributed by atoms with Crippen LogP contribution in [0.5, 0.6) is 0 Å². The first-order valence-corrected chi connectivity index (χ1v) is 18.8. The molecule has 276 valence electrons. The number of hydrogen-bond donors (Lipinski definition) is 0. The Morgan fingerprint density at radius 2 is 1.87 bits per heavy atom. The number of benzene rings is 1. The molecule has 5 heterocycles. The lowest BCUT2D eigenvalue weighted by Crippen LogP contribution is -2.50. The molecule has 0 bridgehead atoms. The first-order chi connectivity index (χ1) is 24.6. The Morgan fingerprint density at radius 3 is 2.54 bits per heavy atom. The third-order valence-electron chi connectivity index (χ3n) is 10.7. The van der Waals surface area contributed by atoms with Crippen LogP contribution in [0.4, 0.5) is 20.4 Å². The molecule has 2 aliphatic heterocycles. The molecule has 1 unspecified atom stereocenters. The van der Waals surface area contributed by atoms with E-state index in [9.17, 15) is 22.0 Å². The van der Waals surface area contributed by atoms with Crippen molar-refractivity contribution in [2.75, 3.05) is 36.5 Å². The zero-order valence-corrected chi connectivity index (χ0v) is 31.3. The molecule has 15 heteroatoms. The van der Waals surface area contributed by atoms with Gasteiger partial charge < -0.3 is 14.5 Å². The lowest BCUT2D eigenvalue weighted by atomic mass is 9.81. The number of halogens is 2. The highest BCUT2D eigenvalue weighted by Crippen LogP contribution is 2.41. The molecule has 0 saturated carbocycles. The zero-order valence-electron chi connectivity index (χ0n) is 30.5. The second-order valence-electron chi connectivity index (χ2n) is 15.2. The number of methoxy groups -OCH3 is 1. The Balaban J connectivity index is 1.35. The molecule has 12 nitrogen and oxygen atoms in total. The first kappa shape index (κ1) is 35.9. The lowest BCUT2D eigenvalue weighted by molar-refractivity contribution is -0.00647. The van der Waals surface area contributed by atoms with E-state index in [1.807, 2.05) is 30.9 Å². The number of aromatic nitrogens is 6. The molecule has 7 rings (SSSR count). The van der Waals surface area contributed by atoms with Gasteiger partial charge in [-0.15, -0.1) is 0 Å². The number of nitrogens with zero attached hydrogens (tertiary/aromatic N) is 8. The average Bonchev–Trinajstić information content (AvgIpc) is 3.68. The standard InChI is InChI=1S/C37H44F2N8O4S/c1-22-15-23(2)17-37(5,16-22)52(49,50)47-29-10-8-9-24(25(29)18-40-47)33-41-28-11-13-45(35-27(20-48)31(32(38)39)43-44(35)6)19-26(28)34(42-33)46-14-12-30(51-7)36(3,4)21-46/h8-10,15-16,18,20,30,32H,11-14,17,19,21H2,1-7H3/t30-,37?/m1/s1. The summed E-state index contributed by atoms with van der Waals surface area (Å²) in [7, 11) is -0.686. The van der Waals surface area contributed by atoms with Crippen molar-refractivity contribution in [1.29, 1.82) is 0 Å². The van der Waals surface area contributed by atoms with Gasteiger partial charge in [-0.05, 0) is 39.7 Å². The van der Waals surface area contributed by atoms with Gasteiger partial charge in [0.25, 0.3) is 16.4 Å². The van der Waals surface area contributed by atoms with Crippen LogP contribution in [0, 0.1) is 5.41 Å². The molecular formula is C37H44F2N8O4S. The molecule has 0 amide bonds. The van der Waals surface area contributed by atoms with Crippen molar-refractivity contribution in [3.63, 3.8) is 0 Å². The van der Waals surface area contributed by atoms with Crippen LogP contribution >= 0.6 is 0 Å². The molecule has 1 aromatic carbocycles. The van der Waals surface area contributed by atoms with Gasteiger partial charge in [-0.3, -0.25) is 9.48 Å². The Hall–Kier alpha value is -4.50. The Bertz CT molecular complexity index is 2260. The number of alkyl halides is 2. The summed E-state index contributed by atoms with van der Waals surface area (Å²) >= 11 is 0. The van der Waals surface area contributed by atoms with Crippen LogP contribution in [0.25, 0.3) is 22.3 Å².